The maximum Gasteiger partial charge on any atom is 0.0449 e. The van der Waals surface area contributed by atoms with E-state index in [4.69, 9.17) is 0 Å². The van der Waals surface area contributed by atoms with Crippen LogP contribution in [0.2, 0.25) is 0 Å². The Kier molecular flexibility index (Phi) is 5.43. The second-order valence-corrected chi connectivity index (χ2v) is 15.7. The summed E-state index contributed by atoms with van der Waals surface area (Å²) in [6.45, 7) is 0. The smallest absolute Gasteiger partial charge is 0.0449 e. The van der Waals surface area contributed by atoms with Crippen molar-refractivity contribution in [3.63, 3.8) is 0 Å². The van der Waals surface area contributed by atoms with Crippen molar-refractivity contribution >= 4 is 110 Å². The molecule has 0 unspecified atom stereocenters. The molecule has 0 spiro atoms. The molecule has 0 nitrogen and oxygen atoms in total. The fraction of sp³-hybridized carbons (Fsp3) is 0. The van der Waals surface area contributed by atoms with Gasteiger partial charge in [-0.25, -0.2) is 0 Å². The van der Waals surface area contributed by atoms with Crippen molar-refractivity contribution in [3.05, 3.63) is 106 Å². The third-order valence-corrected chi connectivity index (χ3v) is 13.6. The van der Waals surface area contributed by atoms with Crippen LogP contribution in [-0.4, -0.2) is 0 Å². The highest BCUT2D eigenvalue weighted by Gasteiger charge is 2.21. The van der Waals surface area contributed by atoms with E-state index in [0.717, 1.165) is 0 Å². The van der Waals surface area contributed by atoms with Crippen LogP contribution in [0.15, 0.2) is 106 Å². The van der Waals surface area contributed by atoms with Crippen LogP contribution in [0.5, 0.6) is 0 Å². The molecule has 0 amide bonds. The Labute approximate surface area is 254 Å². The van der Waals surface area contributed by atoms with E-state index in [2.05, 4.69) is 106 Å². The molecular weight excluding hydrogens is 601 g/mol. The lowest BCUT2D eigenvalue weighted by atomic mass is 9.89. The summed E-state index contributed by atoms with van der Waals surface area (Å²) in [6.07, 6.45) is 0. The third kappa shape index (κ3) is 3.64. The summed E-state index contributed by atoms with van der Waals surface area (Å²) >= 11 is 11.1. The normalized spacial score (nSPS) is 12.0. The average Bonchev–Trinajstić information content (AvgIpc) is 3.82. The zero-order chi connectivity index (χ0) is 26.2. The Morgan fingerprint density at radius 2 is 0.800 bits per heavy atom. The summed E-state index contributed by atoms with van der Waals surface area (Å²) in [5.41, 5.74) is 2.72. The van der Waals surface area contributed by atoms with Crippen LogP contribution in [-0.2, 0) is 0 Å². The maximum atomic E-state index is 2.45. The molecule has 190 valence electrons. The molecule has 3 aromatic carbocycles. The molecule has 0 fully saturated rings. The molecule has 9 rings (SSSR count). The van der Waals surface area contributed by atoms with E-state index in [0.29, 0.717) is 0 Å². The Morgan fingerprint density at radius 1 is 0.350 bits per heavy atom. The first-order chi connectivity index (χ1) is 19.8. The van der Waals surface area contributed by atoms with Gasteiger partial charge in [-0.15, -0.1) is 68.0 Å². The summed E-state index contributed by atoms with van der Waals surface area (Å²) in [7, 11) is 0. The van der Waals surface area contributed by atoms with Crippen LogP contribution in [0.1, 0.15) is 0 Å². The SMILES string of the molecule is c1csc(-c2ccc(-c3c4cc5ccsc5cc4c(-c4ccc(-c5cccs5)s4)c4cc5ccsc5cc34)s2)c1. The lowest BCUT2D eigenvalue weighted by molar-refractivity contribution is 1.83. The average molecular weight is 619 g/mol. The number of fused-ring (bicyclic) bond motifs is 4. The molecule has 0 atom stereocenters. The molecule has 0 bridgehead atoms. The summed E-state index contributed by atoms with van der Waals surface area (Å²) in [5.74, 6) is 0. The Morgan fingerprint density at radius 3 is 1.25 bits per heavy atom. The van der Waals surface area contributed by atoms with Gasteiger partial charge in [0, 0.05) is 49.8 Å². The molecule has 6 heterocycles. The lowest BCUT2D eigenvalue weighted by Crippen LogP contribution is -1.89. The van der Waals surface area contributed by atoms with Gasteiger partial charge in [0.2, 0.25) is 0 Å². The predicted octanol–water partition coefficient (Wildman–Crippen LogP) is 13.3. The molecule has 0 saturated heterocycles. The van der Waals surface area contributed by atoms with Crippen molar-refractivity contribution in [2.45, 2.75) is 0 Å². The van der Waals surface area contributed by atoms with Gasteiger partial charge in [0.1, 0.15) is 0 Å². The van der Waals surface area contributed by atoms with E-state index in [1.807, 2.05) is 68.0 Å². The van der Waals surface area contributed by atoms with E-state index in [1.165, 1.54) is 82.1 Å². The van der Waals surface area contributed by atoms with Crippen LogP contribution in [0.3, 0.4) is 0 Å². The highest BCUT2D eigenvalue weighted by atomic mass is 32.1. The van der Waals surface area contributed by atoms with Crippen molar-refractivity contribution in [2.24, 2.45) is 0 Å². The molecule has 0 aliphatic rings. The number of hydrogen-bond donors (Lipinski definition) is 0. The first-order valence-electron chi connectivity index (χ1n) is 12.9. The summed E-state index contributed by atoms with van der Waals surface area (Å²) < 4.78 is 2.69. The molecule has 0 aliphatic carbocycles. The standard InChI is InChI=1S/C34H18S6/c1-3-25(35-11-1)27-5-7-29(39-27)33-21-15-19-9-13-38-32(19)18-24(21)34(22-16-20-10-14-37-31(20)17-23(22)33)30-8-6-28(40-30)26-4-2-12-36-26/h1-18H. The molecule has 0 N–H and O–H groups in total. The molecule has 0 aliphatic heterocycles. The quantitative estimate of drug-likeness (QED) is 0.172. The van der Waals surface area contributed by atoms with Crippen LogP contribution in [0, 0.1) is 0 Å². The molecule has 40 heavy (non-hydrogen) atoms. The molecule has 0 radical (unpaired) electrons. The number of thiophene rings is 6. The lowest BCUT2D eigenvalue weighted by Gasteiger charge is -2.16. The number of benzene rings is 3. The summed E-state index contributed by atoms with van der Waals surface area (Å²) in [4.78, 5) is 8.01. The van der Waals surface area contributed by atoms with Crippen molar-refractivity contribution < 1.29 is 0 Å². The van der Waals surface area contributed by atoms with Crippen LogP contribution >= 0.6 is 68.0 Å². The van der Waals surface area contributed by atoms with Crippen LogP contribution in [0.25, 0.3) is 82.1 Å². The first-order valence-corrected chi connectivity index (χ1v) is 18.0. The zero-order valence-corrected chi connectivity index (χ0v) is 25.7. The van der Waals surface area contributed by atoms with Gasteiger partial charge in [-0.3, -0.25) is 0 Å². The van der Waals surface area contributed by atoms with E-state index in [-0.39, 0.29) is 0 Å². The zero-order valence-electron chi connectivity index (χ0n) is 20.8. The highest BCUT2D eigenvalue weighted by Crippen LogP contribution is 2.51. The minimum atomic E-state index is 1.32. The topological polar surface area (TPSA) is 0 Å². The molecule has 0 saturated carbocycles. The van der Waals surface area contributed by atoms with Crippen LogP contribution < -0.4 is 0 Å². The molecule has 6 aromatic heterocycles. The van der Waals surface area contributed by atoms with E-state index in [9.17, 15) is 0 Å². The summed E-state index contributed by atoms with van der Waals surface area (Å²) in [6, 6.07) is 32.3. The maximum absolute atomic E-state index is 2.45. The fourth-order valence-corrected chi connectivity index (χ4v) is 11.2. The van der Waals surface area contributed by atoms with Gasteiger partial charge in [-0.1, -0.05) is 12.1 Å². The molecule has 9 aromatic rings. The van der Waals surface area contributed by atoms with Crippen molar-refractivity contribution in [2.75, 3.05) is 0 Å². The fourth-order valence-electron chi connectivity index (χ4n) is 5.71. The minimum Gasteiger partial charge on any atom is -0.144 e. The monoisotopic (exact) mass is 618 g/mol. The van der Waals surface area contributed by atoms with Gasteiger partial charge >= 0.3 is 0 Å². The highest BCUT2D eigenvalue weighted by molar-refractivity contribution is 7.24. The van der Waals surface area contributed by atoms with Gasteiger partial charge in [0.05, 0.1) is 0 Å². The van der Waals surface area contributed by atoms with Crippen molar-refractivity contribution in [1.29, 1.82) is 0 Å². The largest absolute Gasteiger partial charge is 0.144 e. The Bertz CT molecular complexity index is 2060. The van der Waals surface area contributed by atoms with Gasteiger partial charge in [0.15, 0.2) is 0 Å². The number of hydrogen-bond acceptors (Lipinski definition) is 6. The van der Waals surface area contributed by atoms with E-state index >= 15 is 0 Å². The van der Waals surface area contributed by atoms with Gasteiger partial charge < -0.3 is 0 Å². The Hall–Kier alpha value is -3.10. The predicted molar refractivity (Wildman–Crippen MR) is 185 cm³/mol. The first kappa shape index (κ1) is 23.6. The molecular formula is C34H18S6. The second kappa shape index (κ2) is 9.21. The van der Waals surface area contributed by atoms with Gasteiger partial charge in [0.25, 0.3) is 0 Å². The summed E-state index contributed by atoms with van der Waals surface area (Å²) in [5, 5.41) is 16.8. The Balaban J connectivity index is 1.43. The minimum absolute atomic E-state index is 1.32. The molecule has 6 heteroatoms. The van der Waals surface area contributed by atoms with Gasteiger partial charge in [-0.05, 0) is 127 Å². The van der Waals surface area contributed by atoms with Crippen molar-refractivity contribution in [3.8, 4) is 40.4 Å². The third-order valence-electron chi connectivity index (χ3n) is 7.50. The van der Waals surface area contributed by atoms with E-state index < -0.39 is 0 Å². The van der Waals surface area contributed by atoms with Gasteiger partial charge in [-0.2, -0.15) is 0 Å². The van der Waals surface area contributed by atoms with E-state index in [1.54, 1.807) is 0 Å². The second-order valence-electron chi connectivity index (χ2n) is 9.74. The van der Waals surface area contributed by atoms with Crippen molar-refractivity contribution in [1.82, 2.24) is 0 Å². The van der Waals surface area contributed by atoms with Crippen LogP contribution in [0.4, 0.5) is 0 Å². The number of rotatable bonds is 4.